The topological polar surface area (TPSA) is 122 Å². The van der Waals surface area contributed by atoms with Crippen LogP contribution in [0.2, 0.25) is 0 Å². The minimum Gasteiger partial charge on any atom is -0.495 e. The maximum absolute atomic E-state index is 13.0. The summed E-state index contributed by atoms with van der Waals surface area (Å²) in [6.45, 7) is 1.29. The number of hydrogen-bond acceptors (Lipinski definition) is 6. The number of nitrogens with zero attached hydrogens (tertiary/aromatic N) is 1. The molecule has 1 fully saturated rings. The van der Waals surface area contributed by atoms with Gasteiger partial charge in [0.05, 0.1) is 12.0 Å². The Hall–Kier alpha value is -3.25. The highest BCUT2D eigenvalue weighted by Gasteiger charge is 2.26. The largest absolute Gasteiger partial charge is 0.495 e. The molecule has 0 atom stereocenters. The first-order valence-corrected chi connectivity index (χ1v) is 15.2. The monoisotopic (exact) mass is 557 g/mol. The van der Waals surface area contributed by atoms with Gasteiger partial charge < -0.3 is 10.1 Å². The van der Waals surface area contributed by atoms with Gasteiger partial charge in [-0.15, -0.1) is 0 Å². The predicted molar refractivity (Wildman–Crippen MR) is 144 cm³/mol. The van der Waals surface area contributed by atoms with Gasteiger partial charge in [0, 0.05) is 31.7 Å². The maximum Gasteiger partial charge on any atom is 0.251 e. The average Bonchev–Trinajstić information content (AvgIpc) is 2.95. The summed E-state index contributed by atoms with van der Waals surface area (Å²) in [5.41, 5.74) is 1.65. The number of piperidine rings is 1. The van der Waals surface area contributed by atoms with E-state index in [-0.39, 0.29) is 34.2 Å². The van der Waals surface area contributed by atoms with E-state index in [1.807, 2.05) is 18.2 Å². The molecular weight excluding hydrogens is 526 g/mol. The molecular formula is C27H31N3O6S2. The standard InChI is InChI=1S/C27H31N3O6S2/c1-36-25-15-12-23(18-26(25)37(32,33)29-20-21-8-4-2-5-9-21)27(31)28-19-22-10-13-24(14-11-22)38(34,35)30-16-6-3-7-17-30/h2,4-5,8-15,18,29H,3,6-7,16-17,19-20H2,1H3,(H,28,31). The van der Waals surface area contributed by atoms with Crippen LogP contribution in [0.3, 0.4) is 0 Å². The Labute approximate surface area is 223 Å². The number of hydrogen-bond donors (Lipinski definition) is 2. The van der Waals surface area contributed by atoms with Crippen LogP contribution in [0.4, 0.5) is 0 Å². The van der Waals surface area contributed by atoms with Crippen molar-refractivity contribution in [1.82, 2.24) is 14.3 Å². The molecule has 3 aromatic rings. The molecule has 9 nitrogen and oxygen atoms in total. The third-order valence-electron chi connectivity index (χ3n) is 6.35. The van der Waals surface area contributed by atoms with Crippen LogP contribution in [0, 0.1) is 0 Å². The minimum absolute atomic E-state index is 0.0895. The van der Waals surface area contributed by atoms with E-state index in [4.69, 9.17) is 4.74 Å². The molecule has 0 aromatic heterocycles. The predicted octanol–water partition coefficient (Wildman–Crippen LogP) is 3.28. The van der Waals surface area contributed by atoms with Crippen LogP contribution in [0.5, 0.6) is 5.75 Å². The van der Waals surface area contributed by atoms with Gasteiger partial charge in [-0.05, 0) is 54.3 Å². The molecule has 0 bridgehead atoms. The second kappa shape index (κ2) is 12.1. The zero-order valence-corrected chi connectivity index (χ0v) is 22.7. The summed E-state index contributed by atoms with van der Waals surface area (Å²) >= 11 is 0. The van der Waals surface area contributed by atoms with Gasteiger partial charge in [0.2, 0.25) is 20.0 Å². The number of sulfonamides is 2. The number of ether oxygens (including phenoxy) is 1. The molecule has 38 heavy (non-hydrogen) atoms. The van der Waals surface area contributed by atoms with E-state index in [0.29, 0.717) is 18.7 Å². The van der Waals surface area contributed by atoms with Crippen molar-refractivity contribution in [2.45, 2.75) is 42.1 Å². The van der Waals surface area contributed by atoms with Gasteiger partial charge in [-0.2, -0.15) is 4.31 Å². The highest BCUT2D eigenvalue weighted by Crippen LogP contribution is 2.25. The van der Waals surface area contributed by atoms with Gasteiger partial charge in [0.25, 0.3) is 5.91 Å². The quantitative estimate of drug-likeness (QED) is 0.395. The molecule has 2 N–H and O–H groups in total. The van der Waals surface area contributed by atoms with Crippen molar-refractivity contribution in [2.75, 3.05) is 20.2 Å². The second-order valence-corrected chi connectivity index (χ2v) is 12.6. The van der Waals surface area contributed by atoms with Gasteiger partial charge >= 0.3 is 0 Å². The lowest BCUT2D eigenvalue weighted by atomic mass is 10.2. The fourth-order valence-corrected chi connectivity index (χ4v) is 6.93. The third kappa shape index (κ3) is 6.60. The summed E-state index contributed by atoms with van der Waals surface area (Å²) in [5.74, 6) is -0.357. The molecule has 4 rings (SSSR count). The summed E-state index contributed by atoms with van der Waals surface area (Å²) in [5, 5.41) is 2.76. The lowest BCUT2D eigenvalue weighted by Crippen LogP contribution is -2.35. The van der Waals surface area contributed by atoms with Gasteiger partial charge in [-0.1, -0.05) is 48.9 Å². The molecule has 1 aliphatic rings. The van der Waals surface area contributed by atoms with Crippen molar-refractivity contribution in [3.8, 4) is 5.75 Å². The Morgan fingerprint density at radius 2 is 1.50 bits per heavy atom. The third-order valence-corrected chi connectivity index (χ3v) is 9.69. The molecule has 3 aromatic carbocycles. The summed E-state index contributed by atoms with van der Waals surface area (Å²) in [7, 11) is -6.14. The van der Waals surface area contributed by atoms with E-state index in [1.165, 1.54) is 29.6 Å². The van der Waals surface area contributed by atoms with E-state index in [1.54, 1.807) is 36.4 Å². The Bertz CT molecular complexity index is 1470. The molecule has 1 amide bonds. The number of methoxy groups -OCH3 is 1. The first-order chi connectivity index (χ1) is 18.2. The van der Waals surface area contributed by atoms with Crippen molar-refractivity contribution >= 4 is 26.0 Å². The molecule has 0 unspecified atom stereocenters. The molecule has 1 heterocycles. The van der Waals surface area contributed by atoms with Crippen molar-refractivity contribution < 1.29 is 26.4 Å². The fourth-order valence-electron chi connectivity index (χ4n) is 4.20. The first-order valence-electron chi connectivity index (χ1n) is 12.3. The van der Waals surface area contributed by atoms with Crippen LogP contribution in [0.25, 0.3) is 0 Å². The normalized spacial score (nSPS) is 14.7. The first kappa shape index (κ1) is 27.8. The van der Waals surface area contributed by atoms with E-state index >= 15 is 0 Å². The van der Waals surface area contributed by atoms with Crippen LogP contribution < -0.4 is 14.8 Å². The Balaban J connectivity index is 1.43. The van der Waals surface area contributed by atoms with Gasteiger partial charge in [0.15, 0.2) is 0 Å². The molecule has 0 aliphatic carbocycles. The van der Waals surface area contributed by atoms with Crippen molar-refractivity contribution in [3.05, 3.63) is 89.5 Å². The number of rotatable bonds is 10. The number of amides is 1. The highest BCUT2D eigenvalue weighted by molar-refractivity contribution is 7.89. The summed E-state index contributed by atoms with van der Waals surface area (Å²) in [4.78, 5) is 12.9. The minimum atomic E-state index is -3.97. The summed E-state index contributed by atoms with van der Waals surface area (Å²) < 4.78 is 60.9. The number of carbonyl (C=O) groups is 1. The van der Waals surface area contributed by atoms with Gasteiger partial charge in [-0.25, -0.2) is 21.6 Å². The van der Waals surface area contributed by atoms with Crippen LogP contribution in [-0.4, -0.2) is 47.2 Å². The zero-order chi connectivity index (χ0) is 27.2. The van der Waals surface area contributed by atoms with E-state index < -0.39 is 26.0 Å². The van der Waals surface area contributed by atoms with Gasteiger partial charge in [-0.3, -0.25) is 4.79 Å². The van der Waals surface area contributed by atoms with E-state index in [0.717, 1.165) is 24.8 Å². The van der Waals surface area contributed by atoms with Crippen molar-refractivity contribution in [2.24, 2.45) is 0 Å². The smallest absolute Gasteiger partial charge is 0.251 e. The molecule has 11 heteroatoms. The van der Waals surface area contributed by atoms with E-state index in [9.17, 15) is 21.6 Å². The molecule has 202 valence electrons. The second-order valence-electron chi connectivity index (χ2n) is 8.97. The highest BCUT2D eigenvalue weighted by atomic mass is 32.2. The Morgan fingerprint density at radius 3 is 2.16 bits per heavy atom. The fraction of sp³-hybridized carbons (Fsp3) is 0.296. The lowest BCUT2D eigenvalue weighted by Gasteiger charge is -2.25. The van der Waals surface area contributed by atoms with Crippen molar-refractivity contribution in [1.29, 1.82) is 0 Å². The number of carbonyl (C=O) groups excluding carboxylic acids is 1. The SMILES string of the molecule is COc1ccc(C(=O)NCc2ccc(S(=O)(=O)N3CCCCC3)cc2)cc1S(=O)(=O)NCc1ccccc1. The van der Waals surface area contributed by atoms with Crippen LogP contribution in [0.1, 0.15) is 40.7 Å². The molecule has 1 saturated heterocycles. The summed E-state index contributed by atoms with van der Waals surface area (Å²) in [6.07, 6.45) is 2.76. The molecule has 1 aliphatic heterocycles. The van der Waals surface area contributed by atoms with Crippen molar-refractivity contribution in [3.63, 3.8) is 0 Å². The van der Waals surface area contributed by atoms with Crippen LogP contribution >= 0.6 is 0 Å². The summed E-state index contributed by atoms with van der Waals surface area (Å²) in [6, 6.07) is 19.7. The Morgan fingerprint density at radius 1 is 0.842 bits per heavy atom. The van der Waals surface area contributed by atoms with Crippen LogP contribution in [-0.2, 0) is 33.1 Å². The molecule has 0 spiro atoms. The Kier molecular flexibility index (Phi) is 8.83. The molecule has 0 radical (unpaired) electrons. The van der Waals surface area contributed by atoms with E-state index in [2.05, 4.69) is 10.0 Å². The van der Waals surface area contributed by atoms with Gasteiger partial charge in [0.1, 0.15) is 10.6 Å². The average molecular weight is 558 g/mol. The zero-order valence-electron chi connectivity index (χ0n) is 21.1. The lowest BCUT2D eigenvalue weighted by molar-refractivity contribution is 0.0950. The number of nitrogens with one attached hydrogen (secondary N) is 2. The maximum atomic E-state index is 13.0. The number of benzene rings is 3. The van der Waals surface area contributed by atoms with Crippen LogP contribution in [0.15, 0.2) is 82.6 Å². The molecule has 0 saturated carbocycles.